The number of allylic oxidation sites excluding steroid dienone is 7. The summed E-state index contributed by atoms with van der Waals surface area (Å²) in [6.45, 7) is 4.76. The lowest BCUT2D eigenvalue weighted by molar-refractivity contribution is -0.143. The first-order chi connectivity index (χ1) is 26.5. The normalized spacial score (nSPS) is 13.2. The van der Waals surface area contributed by atoms with E-state index in [1.165, 1.54) is 89.9 Å². The summed E-state index contributed by atoms with van der Waals surface area (Å²) in [5, 5.41) is 22.9. The minimum Gasteiger partial charge on any atom is -0.466 e. The summed E-state index contributed by atoms with van der Waals surface area (Å²) >= 11 is 0. The molecule has 0 saturated carbocycles. The van der Waals surface area contributed by atoms with Gasteiger partial charge in [0.25, 0.3) is 0 Å². The van der Waals surface area contributed by atoms with E-state index in [-0.39, 0.29) is 18.5 Å². The zero-order valence-electron chi connectivity index (χ0n) is 35.4. The Balaban J connectivity index is 3.56. The van der Waals surface area contributed by atoms with Gasteiger partial charge in [-0.25, -0.2) is 0 Å². The van der Waals surface area contributed by atoms with E-state index in [4.69, 9.17) is 4.74 Å². The first-order valence-corrected chi connectivity index (χ1v) is 22.9. The van der Waals surface area contributed by atoms with Crippen LogP contribution in [0.2, 0.25) is 0 Å². The lowest BCUT2D eigenvalue weighted by Crippen LogP contribution is -2.45. The maximum atomic E-state index is 12.3. The van der Waals surface area contributed by atoms with Crippen LogP contribution in [0.5, 0.6) is 0 Å². The first-order valence-electron chi connectivity index (χ1n) is 22.9. The number of carbonyl (C=O) groups excluding carboxylic acids is 2. The van der Waals surface area contributed by atoms with Crippen LogP contribution < -0.4 is 5.32 Å². The molecule has 0 aliphatic rings. The predicted octanol–water partition coefficient (Wildman–Crippen LogP) is 13.1. The van der Waals surface area contributed by atoms with Crippen LogP contribution in [-0.2, 0) is 14.3 Å². The highest BCUT2D eigenvalue weighted by molar-refractivity contribution is 5.76. The summed E-state index contributed by atoms with van der Waals surface area (Å²) in [5.41, 5.74) is 0. The van der Waals surface area contributed by atoms with Crippen molar-refractivity contribution in [1.82, 2.24) is 5.32 Å². The molecule has 0 saturated heterocycles. The summed E-state index contributed by atoms with van der Waals surface area (Å²) in [4.78, 5) is 24.3. The SMILES string of the molecule is CCCCC/C=C\C/C=C\CCCCCCCC(=O)OCCCCC/C=C\CCCCCCCC(=O)NC(CO)C(O)/C=C/CCCCCCCCCC. The van der Waals surface area contributed by atoms with Crippen molar-refractivity contribution in [2.45, 2.75) is 231 Å². The fraction of sp³-hybridized carbons (Fsp3) is 0.792. The quantitative estimate of drug-likeness (QED) is 0.0328. The van der Waals surface area contributed by atoms with Gasteiger partial charge in [0.05, 0.1) is 25.4 Å². The number of carbonyl (C=O) groups is 2. The number of rotatable bonds is 41. The molecule has 0 fully saturated rings. The number of amides is 1. The van der Waals surface area contributed by atoms with E-state index in [2.05, 4.69) is 55.6 Å². The zero-order chi connectivity index (χ0) is 39.4. The van der Waals surface area contributed by atoms with Crippen LogP contribution in [0.4, 0.5) is 0 Å². The van der Waals surface area contributed by atoms with E-state index in [0.29, 0.717) is 19.4 Å². The third kappa shape index (κ3) is 39.5. The molecule has 0 bridgehead atoms. The van der Waals surface area contributed by atoms with Crippen molar-refractivity contribution >= 4 is 11.9 Å². The van der Waals surface area contributed by atoms with E-state index < -0.39 is 12.1 Å². The molecule has 0 aliphatic carbocycles. The average Bonchev–Trinajstić information content (AvgIpc) is 3.17. The Morgan fingerprint density at radius 2 is 0.926 bits per heavy atom. The number of aliphatic hydroxyl groups excluding tert-OH is 2. The second-order valence-corrected chi connectivity index (χ2v) is 15.4. The third-order valence-electron chi connectivity index (χ3n) is 10.1. The van der Waals surface area contributed by atoms with Crippen LogP contribution in [0.15, 0.2) is 48.6 Å². The molecule has 0 heterocycles. The molecule has 0 aromatic carbocycles. The van der Waals surface area contributed by atoms with Crippen molar-refractivity contribution in [3.8, 4) is 0 Å². The van der Waals surface area contributed by atoms with Gasteiger partial charge < -0.3 is 20.3 Å². The molecule has 0 spiro atoms. The van der Waals surface area contributed by atoms with Crippen LogP contribution >= 0.6 is 0 Å². The second kappa shape index (κ2) is 43.5. The predicted molar refractivity (Wildman–Crippen MR) is 232 cm³/mol. The molecule has 54 heavy (non-hydrogen) atoms. The number of unbranched alkanes of at least 4 members (excludes halogenated alkanes) is 24. The summed E-state index contributed by atoms with van der Waals surface area (Å²) < 4.78 is 5.42. The maximum Gasteiger partial charge on any atom is 0.305 e. The molecule has 0 radical (unpaired) electrons. The van der Waals surface area contributed by atoms with E-state index in [9.17, 15) is 19.8 Å². The first kappa shape index (κ1) is 51.8. The van der Waals surface area contributed by atoms with Crippen molar-refractivity contribution in [2.24, 2.45) is 0 Å². The van der Waals surface area contributed by atoms with Gasteiger partial charge in [0, 0.05) is 12.8 Å². The summed E-state index contributed by atoms with van der Waals surface area (Å²) in [7, 11) is 0. The molecule has 314 valence electrons. The van der Waals surface area contributed by atoms with Gasteiger partial charge in [-0.2, -0.15) is 0 Å². The summed E-state index contributed by atoms with van der Waals surface area (Å²) in [5.74, 6) is -0.139. The van der Waals surface area contributed by atoms with Gasteiger partial charge >= 0.3 is 5.97 Å². The molecule has 0 aromatic heterocycles. The fourth-order valence-electron chi connectivity index (χ4n) is 6.48. The molecular weight excluding hydrogens is 671 g/mol. The molecule has 0 aromatic rings. The highest BCUT2D eigenvalue weighted by atomic mass is 16.5. The Bertz CT molecular complexity index is 926. The van der Waals surface area contributed by atoms with Crippen LogP contribution in [0, 0.1) is 0 Å². The number of hydrogen-bond donors (Lipinski definition) is 3. The maximum absolute atomic E-state index is 12.3. The molecule has 6 heteroatoms. The number of nitrogens with one attached hydrogen (secondary N) is 1. The highest BCUT2D eigenvalue weighted by Crippen LogP contribution is 2.12. The smallest absolute Gasteiger partial charge is 0.305 e. The van der Waals surface area contributed by atoms with Gasteiger partial charge in [0.1, 0.15) is 0 Å². The van der Waals surface area contributed by atoms with Crippen LogP contribution in [0.3, 0.4) is 0 Å². The Hall–Kier alpha value is -2.18. The number of esters is 1. The topological polar surface area (TPSA) is 95.9 Å². The van der Waals surface area contributed by atoms with Crippen molar-refractivity contribution < 1.29 is 24.5 Å². The number of ether oxygens (including phenoxy) is 1. The fourth-order valence-corrected chi connectivity index (χ4v) is 6.48. The number of aliphatic hydroxyl groups is 2. The molecule has 0 aliphatic heterocycles. The van der Waals surface area contributed by atoms with Gasteiger partial charge in [-0.3, -0.25) is 9.59 Å². The standard InChI is InChI=1S/C48H87NO5/c1-3-5-7-9-11-13-15-16-17-18-22-26-30-34-38-42-48(53)54-43-39-35-31-27-23-20-19-21-25-29-33-37-41-47(52)49-45(44-50)46(51)40-36-32-28-24-14-12-10-8-6-4-2/h11,13,16-17,20,23,36,40,45-46,50-51H,3-10,12,14-15,18-19,21-22,24-35,37-39,41-44H2,1-2H3,(H,49,52)/b13-11-,17-16-,23-20-,40-36+. The van der Waals surface area contributed by atoms with Gasteiger partial charge in [-0.05, 0) is 96.3 Å². The van der Waals surface area contributed by atoms with Gasteiger partial charge in [-0.15, -0.1) is 0 Å². The Kier molecular flexibility index (Phi) is 41.8. The molecule has 2 unspecified atom stereocenters. The molecule has 0 rings (SSSR count). The van der Waals surface area contributed by atoms with Crippen LogP contribution in [0.25, 0.3) is 0 Å². The second-order valence-electron chi connectivity index (χ2n) is 15.4. The van der Waals surface area contributed by atoms with E-state index in [1.807, 2.05) is 6.08 Å². The average molecular weight is 758 g/mol. The van der Waals surface area contributed by atoms with Crippen LogP contribution in [0.1, 0.15) is 219 Å². The molecule has 1 amide bonds. The van der Waals surface area contributed by atoms with Crippen molar-refractivity contribution in [3.05, 3.63) is 48.6 Å². The Labute approximate surface area is 334 Å². The molecular formula is C48H87NO5. The monoisotopic (exact) mass is 758 g/mol. The molecule has 2 atom stereocenters. The number of hydrogen-bond acceptors (Lipinski definition) is 5. The van der Waals surface area contributed by atoms with Crippen molar-refractivity contribution in [1.29, 1.82) is 0 Å². The Morgan fingerprint density at radius 3 is 1.46 bits per heavy atom. The largest absolute Gasteiger partial charge is 0.466 e. The van der Waals surface area contributed by atoms with E-state index in [1.54, 1.807) is 6.08 Å². The minimum absolute atomic E-state index is 0.0401. The zero-order valence-corrected chi connectivity index (χ0v) is 35.4. The van der Waals surface area contributed by atoms with Gasteiger partial charge in [0.2, 0.25) is 5.91 Å². The summed E-state index contributed by atoms with van der Waals surface area (Å²) in [6, 6.07) is -0.646. The van der Waals surface area contributed by atoms with Gasteiger partial charge in [0.15, 0.2) is 0 Å². The van der Waals surface area contributed by atoms with Crippen molar-refractivity contribution in [3.63, 3.8) is 0 Å². The van der Waals surface area contributed by atoms with E-state index >= 15 is 0 Å². The molecule has 6 nitrogen and oxygen atoms in total. The Morgan fingerprint density at radius 1 is 0.519 bits per heavy atom. The molecule has 3 N–H and O–H groups in total. The van der Waals surface area contributed by atoms with Crippen LogP contribution in [-0.4, -0.2) is 47.4 Å². The van der Waals surface area contributed by atoms with Gasteiger partial charge in [-0.1, -0.05) is 159 Å². The minimum atomic E-state index is -0.860. The lowest BCUT2D eigenvalue weighted by atomic mass is 10.1. The van der Waals surface area contributed by atoms with Crippen molar-refractivity contribution in [2.75, 3.05) is 13.2 Å². The summed E-state index contributed by atoms with van der Waals surface area (Å²) in [6.07, 6.45) is 52.4. The van der Waals surface area contributed by atoms with E-state index in [0.717, 1.165) is 103 Å². The lowest BCUT2D eigenvalue weighted by Gasteiger charge is -2.20. The third-order valence-corrected chi connectivity index (χ3v) is 10.1. The highest BCUT2D eigenvalue weighted by Gasteiger charge is 2.18.